The van der Waals surface area contributed by atoms with Crippen molar-refractivity contribution in [2.24, 2.45) is 35.0 Å². The smallest absolute Gasteiger partial charge is 0.321 e. The van der Waals surface area contributed by atoms with Gasteiger partial charge in [0.05, 0.1) is 12.2 Å². The highest BCUT2D eigenvalue weighted by Gasteiger charge is 2.83. The number of carbonyl (C=O) groups is 3. The lowest BCUT2D eigenvalue weighted by Crippen LogP contribution is -2.61. The number of carboxylic acids is 1. The SMILES string of the molecule is CC1=C[C@H]2[C@@]3(O)[C@H](C)C[C@]4(OC(=O)[C@@H](Cc5ccccc5)C(=O)O)[C@H]([C@@H]3C=C(CO)C[C@]2(O)C1=O)C4(C)C. The van der Waals surface area contributed by atoms with E-state index >= 15 is 0 Å². The third-order valence-electron chi connectivity index (χ3n) is 10.0. The average Bonchev–Trinajstić information content (AvgIpc) is 3.26. The molecule has 0 spiro atoms. The van der Waals surface area contributed by atoms with Crippen molar-refractivity contribution < 1.29 is 39.5 Å². The van der Waals surface area contributed by atoms with E-state index in [2.05, 4.69) is 0 Å². The van der Waals surface area contributed by atoms with Crippen molar-refractivity contribution in [3.63, 3.8) is 0 Å². The van der Waals surface area contributed by atoms with Gasteiger partial charge in [0.1, 0.15) is 11.2 Å². The number of rotatable bonds is 6. The molecule has 1 aromatic rings. The summed E-state index contributed by atoms with van der Waals surface area (Å²) in [6.45, 7) is 6.91. The molecule has 8 heteroatoms. The van der Waals surface area contributed by atoms with E-state index in [1.165, 1.54) is 0 Å². The van der Waals surface area contributed by atoms with Gasteiger partial charge in [-0.1, -0.05) is 63.3 Å². The van der Waals surface area contributed by atoms with Gasteiger partial charge in [0.15, 0.2) is 11.7 Å². The summed E-state index contributed by atoms with van der Waals surface area (Å²) in [6.07, 6.45) is 3.55. The molecule has 38 heavy (non-hydrogen) atoms. The fraction of sp³-hybridized carbons (Fsp3) is 0.567. The number of Topliss-reactive ketones (excluding diaryl/α,β-unsaturated/α-hetero) is 1. The maximum Gasteiger partial charge on any atom is 0.321 e. The summed E-state index contributed by atoms with van der Waals surface area (Å²) < 4.78 is 6.15. The van der Waals surface area contributed by atoms with Crippen LogP contribution in [0.1, 0.15) is 46.1 Å². The fourth-order valence-corrected chi connectivity index (χ4v) is 7.97. The summed E-state index contributed by atoms with van der Waals surface area (Å²) in [5.74, 6) is -6.38. The van der Waals surface area contributed by atoms with Crippen molar-refractivity contribution in [3.8, 4) is 0 Å². The first kappa shape index (κ1) is 26.8. The van der Waals surface area contributed by atoms with Gasteiger partial charge in [-0.15, -0.1) is 0 Å². The van der Waals surface area contributed by atoms with Crippen molar-refractivity contribution in [3.05, 3.63) is 59.2 Å². The van der Waals surface area contributed by atoms with Gasteiger partial charge < -0.3 is 25.2 Å². The Labute approximate surface area is 222 Å². The highest BCUT2D eigenvalue weighted by atomic mass is 16.6. The Morgan fingerprint density at radius 2 is 1.79 bits per heavy atom. The van der Waals surface area contributed by atoms with Gasteiger partial charge in [-0.2, -0.15) is 0 Å². The van der Waals surface area contributed by atoms with Crippen LogP contribution >= 0.6 is 0 Å². The normalized spacial score (nSPS) is 39.5. The summed E-state index contributed by atoms with van der Waals surface area (Å²) in [5, 5.41) is 44.0. The van der Waals surface area contributed by atoms with E-state index in [1.54, 1.807) is 43.3 Å². The molecular weight excluding hydrogens is 488 g/mol. The third-order valence-corrected chi connectivity index (χ3v) is 10.0. The van der Waals surface area contributed by atoms with Gasteiger partial charge in [-0.05, 0) is 42.4 Å². The molecule has 4 aliphatic rings. The number of ketones is 1. The predicted molar refractivity (Wildman–Crippen MR) is 137 cm³/mol. The van der Waals surface area contributed by atoms with E-state index in [-0.39, 0.29) is 25.9 Å². The highest BCUT2D eigenvalue weighted by molar-refractivity contribution is 6.04. The van der Waals surface area contributed by atoms with Crippen molar-refractivity contribution in [1.29, 1.82) is 0 Å². The molecule has 204 valence electrons. The monoisotopic (exact) mass is 524 g/mol. The zero-order valence-corrected chi connectivity index (χ0v) is 22.2. The minimum Gasteiger partial charge on any atom is -0.481 e. The largest absolute Gasteiger partial charge is 0.481 e. The Morgan fingerprint density at radius 1 is 1.13 bits per heavy atom. The maximum absolute atomic E-state index is 13.4. The second kappa shape index (κ2) is 8.60. The Morgan fingerprint density at radius 3 is 2.39 bits per heavy atom. The first-order chi connectivity index (χ1) is 17.7. The Kier molecular flexibility index (Phi) is 6.06. The van der Waals surface area contributed by atoms with E-state index < -0.39 is 69.5 Å². The second-order valence-electron chi connectivity index (χ2n) is 12.3. The maximum atomic E-state index is 13.4. The van der Waals surface area contributed by atoms with Gasteiger partial charge >= 0.3 is 11.9 Å². The van der Waals surface area contributed by atoms with Crippen LogP contribution in [-0.4, -0.2) is 61.6 Å². The molecule has 2 fully saturated rings. The number of carbonyl (C=O) groups excluding carboxylic acids is 2. The molecular formula is C30H36O8. The van der Waals surface area contributed by atoms with E-state index in [9.17, 15) is 34.8 Å². The molecule has 0 bridgehead atoms. The number of benzene rings is 1. The van der Waals surface area contributed by atoms with Crippen molar-refractivity contribution in [2.45, 2.75) is 63.8 Å². The summed E-state index contributed by atoms with van der Waals surface area (Å²) in [7, 11) is 0. The fourth-order valence-electron chi connectivity index (χ4n) is 7.97. The molecule has 0 amide bonds. The van der Waals surface area contributed by atoms with E-state index in [4.69, 9.17) is 4.74 Å². The van der Waals surface area contributed by atoms with E-state index in [0.29, 0.717) is 16.7 Å². The molecule has 0 aliphatic heterocycles. The molecule has 4 N–H and O–H groups in total. The lowest BCUT2D eigenvalue weighted by atomic mass is 9.60. The molecule has 4 aliphatic carbocycles. The first-order valence-corrected chi connectivity index (χ1v) is 13.2. The molecule has 1 aromatic carbocycles. The predicted octanol–water partition coefficient (Wildman–Crippen LogP) is 2.45. The summed E-state index contributed by atoms with van der Waals surface area (Å²) in [5.41, 5.74) is -3.54. The molecule has 2 saturated carbocycles. The number of aliphatic carboxylic acids is 1. The number of hydrogen-bond donors (Lipinski definition) is 4. The van der Waals surface area contributed by atoms with Gasteiger partial charge in [0.2, 0.25) is 0 Å². The third kappa shape index (κ3) is 3.50. The minimum absolute atomic E-state index is 0.00501. The number of hydrogen-bond acceptors (Lipinski definition) is 7. The number of aliphatic hydroxyl groups is 3. The van der Waals surface area contributed by atoms with Crippen LogP contribution in [0.4, 0.5) is 0 Å². The number of esters is 1. The summed E-state index contributed by atoms with van der Waals surface area (Å²) in [6, 6.07) is 8.91. The standard InChI is InChI=1S/C30H36O8/c1-16-10-22-28(36,24(16)32)14-19(15-31)12-21-23-27(3,4)29(23,13-17(2)30(21,22)37)38-26(35)20(25(33)34)11-18-8-6-5-7-9-18/h5-10,12,17,20-23,31,36-37H,11,13-15H2,1-4H3,(H,33,34)/t17-,20+,21+,22-,23-,28-,29+,30-/m1/s1. The molecule has 5 rings (SSSR count). The van der Waals surface area contributed by atoms with Gasteiger partial charge in [0, 0.05) is 29.6 Å². The summed E-state index contributed by atoms with van der Waals surface area (Å²) in [4.78, 5) is 38.6. The van der Waals surface area contributed by atoms with Crippen molar-refractivity contribution in [1.82, 2.24) is 0 Å². The van der Waals surface area contributed by atoms with Crippen LogP contribution in [0.5, 0.6) is 0 Å². The molecule has 0 unspecified atom stereocenters. The number of fused-ring (bicyclic) bond motifs is 5. The van der Waals surface area contributed by atoms with E-state index in [1.807, 2.05) is 26.8 Å². The lowest BCUT2D eigenvalue weighted by molar-refractivity contribution is -0.190. The average molecular weight is 525 g/mol. The van der Waals surface area contributed by atoms with Crippen LogP contribution in [0.25, 0.3) is 0 Å². The highest BCUT2D eigenvalue weighted by Crippen LogP contribution is 2.76. The molecule has 0 saturated heterocycles. The number of ether oxygens (including phenoxy) is 1. The van der Waals surface area contributed by atoms with Crippen LogP contribution < -0.4 is 0 Å². The topological polar surface area (TPSA) is 141 Å². The zero-order valence-electron chi connectivity index (χ0n) is 22.2. The van der Waals surface area contributed by atoms with Crippen LogP contribution in [0.3, 0.4) is 0 Å². The number of carboxylic acid groups (broad SMARTS) is 1. The van der Waals surface area contributed by atoms with Crippen LogP contribution in [-0.2, 0) is 25.5 Å². The Balaban J connectivity index is 1.52. The Bertz CT molecular complexity index is 1250. The van der Waals surface area contributed by atoms with Gasteiger partial charge in [0.25, 0.3) is 0 Å². The van der Waals surface area contributed by atoms with Gasteiger partial charge in [-0.3, -0.25) is 14.4 Å². The van der Waals surface area contributed by atoms with Crippen LogP contribution in [0.2, 0.25) is 0 Å². The van der Waals surface area contributed by atoms with Crippen LogP contribution in [0, 0.1) is 35.0 Å². The Hall–Kier alpha value is -2.81. The molecule has 8 atom stereocenters. The van der Waals surface area contributed by atoms with Crippen molar-refractivity contribution in [2.75, 3.05) is 6.61 Å². The number of aliphatic hydroxyl groups excluding tert-OH is 1. The molecule has 8 nitrogen and oxygen atoms in total. The lowest BCUT2D eigenvalue weighted by Gasteiger charge is -2.50. The molecule has 0 heterocycles. The van der Waals surface area contributed by atoms with Crippen LogP contribution in [0.15, 0.2) is 53.6 Å². The second-order valence-corrected chi connectivity index (χ2v) is 12.3. The molecule has 0 radical (unpaired) electrons. The first-order valence-electron chi connectivity index (χ1n) is 13.2. The zero-order chi connectivity index (χ0) is 27.8. The molecule has 0 aromatic heterocycles. The quantitative estimate of drug-likeness (QED) is 0.253. The van der Waals surface area contributed by atoms with Gasteiger partial charge in [-0.25, -0.2) is 0 Å². The van der Waals surface area contributed by atoms with E-state index in [0.717, 1.165) is 0 Å². The minimum atomic E-state index is -1.86. The van der Waals surface area contributed by atoms with Crippen molar-refractivity contribution >= 4 is 17.7 Å². The summed E-state index contributed by atoms with van der Waals surface area (Å²) >= 11 is 0.